The molecular weight excluding hydrogens is 823 g/mol. The number of benzene rings is 1. The molecule has 0 aromatic heterocycles. The fourth-order valence-electron chi connectivity index (χ4n) is 6.33. The number of hydrogen-bond donors (Lipinski definition) is 10. The highest BCUT2D eigenvalue weighted by molar-refractivity contribution is 5.96. The highest BCUT2D eigenvalue weighted by Crippen LogP contribution is 2.23. The number of rotatable bonds is 22. The van der Waals surface area contributed by atoms with Crippen molar-refractivity contribution in [3.63, 3.8) is 0 Å². The Morgan fingerprint density at radius 2 is 1.48 bits per heavy atom. The highest BCUT2D eigenvalue weighted by Gasteiger charge is 2.41. The Balaban J connectivity index is 0.00000251. The van der Waals surface area contributed by atoms with Crippen LogP contribution in [0, 0.1) is 11.3 Å². The molecule has 19 nitrogen and oxygen atoms in total. The number of alkyl halides is 3. The molecule has 1 aromatic rings. The number of aliphatic imine (C=N–C) groups is 1. The minimum atomic E-state index is -5.08. The summed E-state index contributed by atoms with van der Waals surface area (Å²) in [5.41, 5.74) is 10.6. The van der Waals surface area contributed by atoms with E-state index in [1.807, 2.05) is 20.9 Å². The zero-order valence-electron chi connectivity index (χ0n) is 36.1. The Morgan fingerprint density at radius 1 is 0.871 bits per heavy atom. The van der Waals surface area contributed by atoms with Crippen LogP contribution in [0.15, 0.2) is 29.3 Å². The number of nitrogens with one attached hydrogen (secondary N) is 5. The lowest BCUT2D eigenvalue weighted by atomic mass is 9.85. The molecule has 62 heavy (non-hydrogen) atoms. The van der Waals surface area contributed by atoms with Crippen LogP contribution in [0.2, 0.25) is 0 Å². The molecule has 1 saturated heterocycles. The SMILES string of the molecule is CNCCCCC(=O)N[C@@H](CCCN=C(N)N)C(=O)N1CCC[C@H]1C(=O)N[C@@H](Cc1ccc(O)cc1)C(=O)N[C@H](C(=O)N[C@@H](CC(C)C)C(=O)O)C(C)(C)C.O=C(O)C(F)(F)F. The van der Waals surface area contributed by atoms with Gasteiger partial charge in [-0.15, -0.1) is 0 Å². The number of amides is 5. The summed E-state index contributed by atoms with van der Waals surface area (Å²) >= 11 is 0. The van der Waals surface area contributed by atoms with E-state index in [0.717, 1.165) is 13.0 Å². The summed E-state index contributed by atoms with van der Waals surface area (Å²) < 4.78 is 31.7. The molecule has 12 N–H and O–H groups in total. The minimum Gasteiger partial charge on any atom is -0.508 e. The van der Waals surface area contributed by atoms with E-state index in [0.29, 0.717) is 31.2 Å². The van der Waals surface area contributed by atoms with E-state index in [1.54, 1.807) is 32.9 Å². The molecule has 2 rings (SSSR count). The molecule has 5 amide bonds. The van der Waals surface area contributed by atoms with Gasteiger partial charge in [0.1, 0.15) is 36.0 Å². The molecule has 1 aliphatic rings. The van der Waals surface area contributed by atoms with Gasteiger partial charge in [0.25, 0.3) is 0 Å². The van der Waals surface area contributed by atoms with Gasteiger partial charge >= 0.3 is 18.1 Å². The van der Waals surface area contributed by atoms with Crippen molar-refractivity contribution in [2.75, 3.05) is 26.7 Å². The number of carboxylic acids is 2. The van der Waals surface area contributed by atoms with Crippen LogP contribution in [0.4, 0.5) is 13.2 Å². The number of carboxylic acid groups (broad SMARTS) is 2. The maximum absolute atomic E-state index is 14.1. The lowest BCUT2D eigenvalue weighted by molar-refractivity contribution is -0.192. The average molecular weight is 888 g/mol. The summed E-state index contributed by atoms with van der Waals surface area (Å²) in [5, 5.41) is 40.7. The Labute approximate surface area is 359 Å². The molecule has 5 atom stereocenters. The molecule has 1 heterocycles. The Hall–Kier alpha value is -5.67. The van der Waals surface area contributed by atoms with Crippen molar-refractivity contribution in [3.8, 4) is 5.75 Å². The molecule has 22 heteroatoms. The summed E-state index contributed by atoms with van der Waals surface area (Å²) in [4.78, 5) is 94.8. The number of phenols is 1. The molecule has 0 aliphatic carbocycles. The van der Waals surface area contributed by atoms with Gasteiger partial charge < -0.3 is 58.3 Å². The van der Waals surface area contributed by atoms with Crippen LogP contribution in [0.1, 0.15) is 91.5 Å². The smallest absolute Gasteiger partial charge is 0.490 e. The third-order valence-corrected chi connectivity index (χ3v) is 9.49. The first kappa shape index (κ1) is 54.3. The fourth-order valence-corrected chi connectivity index (χ4v) is 6.33. The standard InChI is InChI=1S/C38H63N9O8.C2HF3O2/c1-23(2)21-28(36(54)55)45-34(52)31(38(3,4)5)46-32(50)27(22-24-14-16-25(48)17-15-24)44-33(51)29-12-10-20-47(29)35(53)26(11-9-19-42-37(39)40)43-30(49)13-7-8-18-41-6;3-2(4,5)1(6)7/h14-17,23,26-29,31,41,48H,7-13,18-22H2,1-6H3,(H,43,49)(H,44,51)(H,45,52)(H,46,50)(H,54,55)(H4,39,40,42);(H,6,7)/t26-,27-,28-,29-,31+;/m0./s1. The fraction of sp³-hybridized carbons (Fsp3) is 0.650. The number of aliphatic carboxylic acids is 2. The summed E-state index contributed by atoms with van der Waals surface area (Å²) in [6.07, 6.45) is -1.88. The second-order valence-corrected chi connectivity index (χ2v) is 16.4. The molecule has 1 aliphatic heterocycles. The van der Waals surface area contributed by atoms with Crippen molar-refractivity contribution in [1.29, 1.82) is 0 Å². The van der Waals surface area contributed by atoms with E-state index in [1.165, 1.54) is 17.0 Å². The number of guanidine groups is 1. The molecular formula is C40H64F3N9O10. The monoisotopic (exact) mass is 887 g/mol. The molecule has 350 valence electrons. The van der Waals surface area contributed by atoms with E-state index in [9.17, 15) is 52.2 Å². The number of carbonyl (C=O) groups excluding carboxylic acids is 5. The van der Waals surface area contributed by atoms with E-state index < -0.39 is 77.4 Å². The number of phenolic OH excluding ortho intramolecular Hbond substituents is 1. The third kappa shape index (κ3) is 20.3. The predicted octanol–water partition coefficient (Wildman–Crippen LogP) is 1.12. The molecule has 1 aromatic carbocycles. The Bertz CT molecular complexity index is 1680. The third-order valence-electron chi connectivity index (χ3n) is 9.49. The number of halogens is 3. The van der Waals surface area contributed by atoms with Crippen LogP contribution in [-0.4, -0.2) is 131 Å². The minimum absolute atomic E-state index is 0.00524. The number of aromatic hydroxyl groups is 1. The first-order valence-corrected chi connectivity index (χ1v) is 20.3. The van der Waals surface area contributed by atoms with Gasteiger partial charge in [-0.05, 0) is 87.6 Å². The van der Waals surface area contributed by atoms with Crippen molar-refractivity contribution in [3.05, 3.63) is 29.8 Å². The number of nitrogens with zero attached hydrogens (tertiary/aromatic N) is 2. The maximum atomic E-state index is 14.1. The van der Waals surface area contributed by atoms with Gasteiger partial charge in [-0.2, -0.15) is 13.2 Å². The van der Waals surface area contributed by atoms with Crippen LogP contribution >= 0.6 is 0 Å². The summed E-state index contributed by atoms with van der Waals surface area (Å²) in [7, 11) is 1.82. The van der Waals surface area contributed by atoms with Gasteiger partial charge in [0.2, 0.25) is 29.5 Å². The van der Waals surface area contributed by atoms with Gasteiger partial charge in [0, 0.05) is 25.9 Å². The summed E-state index contributed by atoms with van der Waals surface area (Å²) in [6, 6.07) is 0.598. The zero-order valence-corrected chi connectivity index (χ0v) is 36.1. The van der Waals surface area contributed by atoms with Gasteiger partial charge in [-0.3, -0.25) is 29.0 Å². The van der Waals surface area contributed by atoms with Crippen molar-refractivity contribution < 1.29 is 62.1 Å². The number of likely N-dealkylation sites (tertiary alicyclic amines) is 1. The molecule has 0 bridgehead atoms. The van der Waals surface area contributed by atoms with Crippen LogP contribution in [0.5, 0.6) is 5.75 Å². The van der Waals surface area contributed by atoms with E-state index in [4.69, 9.17) is 21.4 Å². The molecule has 0 saturated carbocycles. The largest absolute Gasteiger partial charge is 0.508 e. The Kier molecular flexibility index (Phi) is 22.7. The number of nitrogens with two attached hydrogens (primary N) is 2. The van der Waals surface area contributed by atoms with Gasteiger partial charge in [0.05, 0.1) is 0 Å². The summed E-state index contributed by atoms with van der Waals surface area (Å²) in [6.45, 7) is 10.1. The molecule has 0 radical (unpaired) electrons. The number of hydrogen-bond acceptors (Lipinski definition) is 10. The lowest BCUT2D eigenvalue weighted by Gasteiger charge is -2.33. The second-order valence-electron chi connectivity index (χ2n) is 16.4. The molecule has 0 spiro atoms. The normalized spacial score (nSPS) is 15.8. The van der Waals surface area contributed by atoms with Crippen molar-refractivity contribution >= 4 is 47.4 Å². The van der Waals surface area contributed by atoms with E-state index in [2.05, 4.69) is 31.6 Å². The van der Waals surface area contributed by atoms with Crippen LogP contribution in [-0.2, 0) is 40.0 Å². The maximum Gasteiger partial charge on any atom is 0.490 e. The number of unbranched alkanes of at least 4 members (excludes halogenated alkanes) is 1. The highest BCUT2D eigenvalue weighted by atomic mass is 19.4. The first-order valence-electron chi connectivity index (χ1n) is 20.3. The predicted molar refractivity (Wildman–Crippen MR) is 222 cm³/mol. The van der Waals surface area contributed by atoms with Crippen molar-refractivity contribution in [1.82, 2.24) is 31.5 Å². The van der Waals surface area contributed by atoms with Crippen LogP contribution in [0.25, 0.3) is 0 Å². The van der Waals surface area contributed by atoms with E-state index in [-0.39, 0.29) is 62.3 Å². The van der Waals surface area contributed by atoms with Crippen molar-refractivity contribution in [2.24, 2.45) is 27.8 Å². The van der Waals surface area contributed by atoms with Crippen LogP contribution in [0.3, 0.4) is 0 Å². The number of carbonyl (C=O) groups is 7. The average Bonchev–Trinajstić information content (AvgIpc) is 3.66. The van der Waals surface area contributed by atoms with Gasteiger partial charge in [-0.1, -0.05) is 46.8 Å². The Morgan fingerprint density at radius 3 is 2.00 bits per heavy atom. The topological polar surface area (TPSA) is 308 Å². The van der Waals surface area contributed by atoms with Gasteiger partial charge in [-0.25, -0.2) is 9.59 Å². The van der Waals surface area contributed by atoms with E-state index >= 15 is 0 Å². The van der Waals surface area contributed by atoms with Crippen molar-refractivity contribution in [2.45, 2.75) is 129 Å². The van der Waals surface area contributed by atoms with Crippen LogP contribution < -0.4 is 38.1 Å². The first-order chi connectivity index (χ1) is 28.8. The zero-order chi connectivity index (χ0) is 47.4. The second kappa shape index (κ2) is 26.0. The summed E-state index contributed by atoms with van der Waals surface area (Å²) in [5.74, 6) is -6.79. The quantitative estimate of drug-likeness (QED) is 0.0444. The molecule has 1 fully saturated rings. The lowest BCUT2D eigenvalue weighted by Crippen LogP contribution is -2.61. The molecule has 0 unspecified atom stereocenters. The van der Waals surface area contributed by atoms with Gasteiger partial charge in [0.15, 0.2) is 5.96 Å².